The highest BCUT2D eigenvalue weighted by atomic mass is 16.6. The standard InChI is InChI=1S/C14H21NO5/c16-13(15-8-11-4-2-1-3-5-11)10-20-14(17)12-9-18-6-7-19-12/h9,11H,1-8,10H2,(H,15,16). The number of hydrogen-bond acceptors (Lipinski definition) is 5. The van der Waals surface area contributed by atoms with Crippen molar-refractivity contribution >= 4 is 11.9 Å². The summed E-state index contributed by atoms with van der Waals surface area (Å²) in [5.41, 5.74) is 0. The Kier molecular flexibility index (Phi) is 5.70. The van der Waals surface area contributed by atoms with Gasteiger partial charge in [-0.15, -0.1) is 0 Å². The number of rotatable bonds is 5. The van der Waals surface area contributed by atoms with Gasteiger partial charge >= 0.3 is 5.97 Å². The van der Waals surface area contributed by atoms with E-state index in [-0.39, 0.29) is 18.3 Å². The summed E-state index contributed by atoms with van der Waals surface area (Å²) in [5, 5.41) is 2.80. The van der Waals surface area contributed by atoms with Gasteiger partial charge in [0.25, 0.3) is 5.91 Å². The summed E-state index contributed by atoms with van der Waals surface area (Å²) >= 11 is 0. The van der Waals surface area contributed by atoms with Crippen molar-refractivity contribution in [1.82, 2.24) is 5.32 Å². The number of amides is 1. The van der Waals surface area contributed by atoms with Crippen molar-refractivity contribution in [2.75, 3.05) is 26.4 Å². The Morgan fingerprint density at radius 1 is 1.25 bits per heavy atom. The fourth-order valence-corrected chi connectivity index (χ4v) is 2.38. The van der Waals surface area contributed by atoms with Crippen LogP contribution < -0.4 is 5.32 Å². The molecule has 112 valence electrons. The van der Waals surface area contributed by atoms with E-state index in [0.29, 0.717) is 25.7 Å². The number of esters is 1. The molecule has 0 aromatic rings. The van der Waals surface area contributed by atoms with E-state index in [2.05, 4.69) is 5.32 Å². The third kappa shape index (κ3) is 4.75. The van der Waals surface area contributed by atoms with Crippen molar-refractivity contribution in [3.8, 4) is 0 Å². The van der Waals surface area contributed by atoms with Crippen LogP contribution >= 0.6 is 0 Å². The molecule has 0 aromatic carbocycles. The van der Waals surface area contributed by atoms with Gasteiger partial charge in [0.1, 0.15) is 19.5 Å². The summed E-state index contributed by atoms with van der Waals surface area (Å²) in [6.45, 7) is 1.11. The molecule has 1 aliphatic heterocycles. The van der Waals surface area contributed by atoms with Crippen LogP contribution in [0.3, 0.4) is 0 Å². The number of carbonyl (C=O) groups is 2. The summed E-state index contributed by atoms with van der Waals surface area (Å²) in [4.78, 5) is 23.1. The smallest absolute Gasteiger partial charge is 0.377 e. The van der Waals surface area contributed by atoms with Gasteiger partial charge in [-0.2, -0.15) is 0 Å². The summed E-state index contributed by atoms with van der Waals surface area (Å²) in [5.74, 6) is -0.378. The molecule has 2 aliphatic rings. The van der Waals surface area contributed by atoms with E-state index in [4.69, 9.17) is 14.2 Å². The van der Waals surface area contributed by atoms with Gasteiger partial charge in [0.2, 0.25) is 5.76 Å². The van der Waals surface area contributed by atoms with E-state index in [1.165, 1.54) is 25.5 Å². The van der Waals surface area contributed by atoms with E-state index in [9.17, 15) is 9.59 Å². The van der Waals surface area contributed by atoms with Gasteiger partial charge in [0.05, 0.1) is 0 Å². The van der Waals surface area contributed by atoms with Gasteiger partial charge in [-0.3, -0.25) is 4.79 Å². The van der Waals surface area contributed by atoms with Gasteiger partial charge in [-0.05, 0) is 18.8 Å². The minimum atomic E-state index is -0.669. The highest BCUT2D eigenvalue weighted by molar-refractivity contribution is 5.88. The first-order valence-corrected chi connectivity index (χ1v) is 7.14. The van der Waals surface area contributed by atoms with Crippen molar-refractivity contribution in [1.29, 1.82) is 0 Å². The van der Waals surface area contributed by atoms with Crippen molar-refractivity contribution < 1.29 is 23.8 Å². The predicted octanol–water partition coefficient (Wildman–Crippen LogP) is 1.11. The summed E-state index contributed by atoms with van der Waals surface area (Å²) in [7, 11) is 0. The molecule has 0 aromatic heterocycles. The minimum Gasteiger partial charge on any atom is -0.493 e. The SMILES string of the molecule is O=C(COC(=O)C1=COCCO1)NCC1CCCCC1. The second kappa shape index (κ2) is 7.77. The first-order chi connectivity index (χ1) is 9.75. The first-order valence-electron chi connectivity index (χ1n) is 7.14. The zero-order valence-corrected chi connectivity index (χ0v) is 11.6. The molecule has 6 heteroatoms. The van der Waals surface area contributed by atoms with Gasteiger partial charge in [0.15, 0.2) is 6.61 Å². The molecule has 0 saturated heterocycles. The molecular formula is C14H21NO5. The highest BCUT2D eigenvalue weighted by Crippen LogP contribution is 2.22. The molecule has 0 bridgehead atoms. The average molecular weight is 283 g/mol. The second-order valence-corrected chi connectivity index (χ2v) is 5.09. The van der Waals surface area contributed by atoms with E-state index >= 15 is 0 Å². The Bertz CT molecular complexity index is 374. The average Bonchev–Trinajstić information content (AvgIpc) is 2.52. The van der Waals surface area contributed by atoms with Crippen LogP contribution in [0.5, 0.6) is 0 Å². The zero-order chi connectivity index (χ0) is 14.2. The van der Waals surface area contributed by atoms with Crippen LogP contribution in [-0.4, -0.2) is 38.2 Å². The van der Waals surface area contributed by atoms with Gasteiger partial charge in [-0.25, -0.2) is 4.79 Å². The van der Waals surface area contributed by atoms with Crippen LogP contribution in [0.25, 0.3) is 0 Å². The van der Waals surface area contributed by atoms with Crippen molar-refractivity contribution in [2.24, 2.45) is 5.92 Å². The molecule has 1 fully saturated rings. The van der Waals surface area contributed by atoms with Crippen LogP contribution in [-0.2, 0) is 23.8 Å². The quantitative estimate of drug-likeness (QED) is 0.765. The van der Waals surface area contributed by atoms with E-state index in [0.717, 1.165) is 12.8 Å². The zero-order valence-electron chi connectivity index (χ0n) is 11.6. The minimum absolute atomic E-state index is 0.0105. The molecule has 0 unspecified atom stereocenters. The number of carbonyl (C=O) groups excluding carboxylic acids is 2. The lowest BCUT2D eigenvalue weighted by molar-refractivity contribution is -0.149. The Labute approximate surface area is 118 Å². The molecule has 0 radical (unpaired) electrons. The van der Waals surface area contributed by atoms with E-state index in [1.54, 1.807) is 0 Å². The number of ether oxygens (including phenoxy) is 3. The molecule has 1 amide bonds. The lowest BCUT2D eigenvalue weighted by Gasteiger charge is -2.21. The van der Waals surface area contributed by atoms with Crippen LogP contribution in [0, 0.1) is 5.92 Å². The normalized spacial score (nSPS) is 19.3. The van der Waals surface area contributed by atoms with Crippen LogP contribution in [0.15, 0.2) is 12.0 Å². The van der Waals surface area contributed by atoms with Crippen LogP contribution in [0.2, 0.25) is 0 Å². The summed E-state index contributed by atoms with van der Waals surface area (Å²) < 4.78 is 14.9. The van der Waals surface area contributed by atoms with E-state index in [1.807, 2.05) is 0 Å². The number of nitrogens with one attached hydrogen (secondary N) is 1. The lowest BCUT2D eigenvalue weighted by atomic mass is 9.89. The molecule has 2 rings (SSSR count). The van der Waals surface area contributed by atoms with Gasteiger partial charge < -0.3 is 19.5 Å². The Morgan fingerprint density at radius 3 is 2.75 bits per heavy atom. The number of hydrogen-bond donors (Lipinski definition) is 1. The third-order valence-corrected chi connectivity index (χ3v) is 3.50. The third-order valence-electron chi connectivity index (χ3n) is 3.50. The molecule has 1 saturated carbocycles. The lowest BCUT2D eigenvalue weighted by Crippen LogP contribution is -2.34. The molecule has 0 spiro atoms. The Morgan fingerprint density at radius 2 is 2.05 bits per heavy atom. The molecule has 1 aliphatic carbocycles. The topological polar surface area (TPSA) is 73.9 Å². The van der Waals surface area contributed by atoms with Gasteiger partial charge in [0, 0.05) is 6.54 Å². The maximum atomic E-state index is 11.6. The van der Waals surface area contributed by atoms with Crippen molar-refractivity contribution in [2.45, 2.75) is 32.1 Å². The Hall–Kier alpha value is -1.72. The molecule has 6 nitrogen and oxygen atoms in total. The maximum Gasteiger partial charge on any atom is 0.377 e. The second-order valence-electron chi connectivity index (χ2n) is 5.09. The van der Waals surface area contributed by atoms with Crippen molar-refractivity contribution in [3.63, 3.8) is 0 Å². The summed E-state index contributed by atoms with van der Waals surface area (Å²) in [6.07, 6.45) is 7.31. The Balaban J connectivity index is 1.61. The largest absolute Gasteiger partial charge is 0.493 e. The van der Waals surface area contributed by atoms with Crippen LogP contribution in [0.4, 0.5) is 0 Å². The fourth-order valence-electron chi connectivity index (χ4n) is 2.38. The maximum absolute atomic E-state index is 11.6. The first kappa shape index (κ1) is 14.7. The molecule has 0 atom stereocenters. The van der Waals surface area contributed by atoms with Crippen LogP contribution in [0.1, 0.15) is 32.1 Å². The molecule has 1 N–H and O–H groups in total. The monoisotopic (exact) mass is 283 g/mol. The summed E-state index contributed by atoms with van der Waals surface area (Å²) in [6, 6.07) is 0. The molecule has 1 heterocycles. The van der Waals surface area contributed by atoms with Gasteiger partial charge in [-0.1, -0.05) is 19.3 Å². The van der Waals surface area contributed by atoms with Crippen molar-refractivity contribution in [3.05, 3.63) is 12.0 Å². The fraction of sp³-hybridized carbons (Fsp3) is 0.714. The molecular weight excluding hydrogens is 262 g/mol. The molecule has 20 heavy (non-hydrogen) atoms. The highest BCUT2D eigenvalue weighted by Gasteiger charge is 2.18. The van der Waals surface area contributed by atoms with E-state index < -0.39 is 5.97 Å². The predicted molar refractivity (Wildman–Crippen MR) is 70.5 cm³/mol.